The first-order chi connectivity index (χ1) is 9.79. The molecule has 0 rings (SSSR count). The Bertz CT molecular complexity index is 308. The Morgan fingerprint density at radius 3 is 1.76 bits per heavy atom. The fourth-order valence-corrected chi connectivity index (χ4v) is 6.01. The van der Waals surface area contributed by atoms with E-state index in [0.717, 1.165) is 57.0 Å². The van der Waals surface area contributed by atoms with Gasteiger partial charge in [0.15, 0.2) is 0 Å². The predicted octanol–water partition coefficient (Wildman–Crippen LogP) is 2.59. The number of allylic oxidation sites excluding steroid dienone is 1. The lowest BCUT2D eigenvalue weighted by atomic mass is 10.4. The normalized spacial score (nSPS) is 15.8. The zero-order chi connectivity index (χ0) is 16.5. The van der Waals surface area contributed by atoms with Crippen molar-refractivity contribution in [2.75, 3.05) is 24.6 Å². The highest BCUT2D eigenvalue weighted by molar-refractivity contribution is 7.76. The van der Waals surface area contributed by atoms with Crippen LogP contribution in [-0.2, 0) is 0 Å². The SMILES string of the molecule is [2H]C([2H])=C([2H])C([2H])([2H])[P+](CCCC)(CCCC)CCCC.[Br-]. The summed E-state index contributed by atoms with van der Waals surface area (Å²) in [5.41, 5.74) is 0. The summed E-state index contributed by atoms with van der Waals surface area (Å²) in [6.45, 7) is 5.68. The first-order valence-electron chi connectivity index (χ1n) is 9.29. The van der Waals surface area contributed by atoms with E-state index in [-0.39, 0.29) is 17.0 Å². The predicted molar refractivity (Wildman–Crippen MR) is 81.3 cm³/mol. The van der Waals surface area contributed by atoms with Crippen LogP contribution in [0.1, 0.15) is 66.1 Å². The van der Waals surface area contributed by atoms with Gasteiger partial charge in [0.2, 0.25) is 0 Å². The topological polar surface area (TPSA) is 0 Å². The molecule has 0 saturated carbocycles. The Morgan fingerprint density at radius 2 is 1.47 bits per heavy atom. The molecule has 0 bridgehead atoms. The van der Waals surface area contributed by atoms with Gasteiger partial charge in [-0.15, -0.1) is 0 Å². The summed E-state index contributed by atoms with van der Waals surface area (Å²) in [4.78, 5) is 0. The molecule has 0 aliphatic rings. The molecule has 0 aromatic carbocycles. The van der Waals surface area contributed by atoms with Crippen LogP contribution in [0.5, 0.6) is 0 Å². The molecule has 104 valence electrons. The Labute approximate surface area is 128 Å². The Morgan fingerprint density at radius 1 is 1.06 bits per heavy atom. The molecule has 0 spiro atoms. The van der Waals surface area contributed by atoms with Crippen LogP contribution in [-0.4, -0.2) is 24.6 Å². The minimum atomic E-state index is -2.01. The van der Waals surface area contributed by atoms with E-state index in [1.165, 1.54) is 0 Å². The average molecular weight is 328 g/mol. The van der Waals surface area contributed by atoms with E-state index in [9.17, 15) is 0 Å². The van der Waals surface area contributed by atoms with Crippen LogP contribution in [0.25, 0.3) is 0 Å². The molecule has 0 saturated heterocycles. The molecule has 0 N–H and O–H groups in total. The largest absolute Gasteiger partial charge is 1.00 e. The number of hydrogen-bond donors (Lipinski definition) is 0. The van der Waals surface area contributed by atoms with Crippen LogP contribution in [0.2, 0.25) is 0 Å². The monoisotopic (exact) mass is 327 g/mol. The van der Waals surface area contributed by atoms with Gasteiger partial charge >= 0.3 is 0 Å². The minimum Gasteiger partial charge on any atom is -1.00 e. The Hall–Kier alpha value is 0.650. The highest BCUT2D eigenvalue weighted by atomic mass is 79.9. The quantitative estimate of drug-likeness (QED) is 0.404. The van der Waals surface area contributed by atoms with Gasteiger partial charge in [-0.25, -0.2) is 0 Å². The van der Waals surface area contributed by atoms with Crippen molar-refractivity contribution in [2.45, 2.75) is 59.3 Å². The maximum absolute atomic E-state index is 8.53. The van der Waals surface area contributed by atoms with E-state index in [2.05, 4.69) is 20.8 Å². The van der Waals surface area contributed by atoms with Crippen molar-refractivity contribution < 1.29 is 23.8 Å². The molecule has 0 atom stereocenters. The number of rotatable bonds is 11. The third-order valence-electron chi connectivity index (χ3n) is 3.11. The van der Waals surface area contributed by atoms with Crippen molar-refractivity contribution in [3.05, 3.63) is 12.6 Å². The van der Waals surface area contributed by atoms with Crippen LogP contribution in [0.3, 0.4) is 0 Å². The third-order valence-corrected chi connectivity index (χ3v) is 7.22. The van der Waals surface area contributed by atoms with E-state index in [1.807, 2.05) is 0 Å². The van der Waals surface area contributed by atoms with Gasteiger partial charge in [0, 0.05) is 7.26 Å². The van der Waals surface area contributed by atoms with E-state index >= 15 is 0 Å². The van der Waals surface area contributed by atoms with Gasteiger partial charge in [-0.05, 0) is 19.3 Å². The van der Waals surface area contributed by atoms with Gasteiger partial charge < -0.3 is 17.0 Å². The number of halogens is 1. The molecular formula is C15H32BrP. The zero-order valence-corrected chi connectivity index (χ0v) is 14.2. The summed E-state index contributed by atoms with van der Waals surface area (Å²) in [6.07, 6.45) is 6.83. The number of hydrogen-bond acceptors (Lipinski definition) is 0. The second-order valence-electron chi connectivity index (χ2n) is 4.61. The van der Waals surface area contributed by atoms with Gasteiger partial charge in [0.1, 0.15) is 0 Å². The lowest BCUT2D eigenvalue weighted by Crippen LogP contribution is -3.00. The van der Waals surface area contributed by atoms with Crippen LogP contribution in [0, 0.1) is 0 Å². The summed E-state index contributed by atoms with van der Waals surface area (Å²) in [6, 6.07) is -0.404. The molecule has 0 radical (unpaired) electrons. The van der Waals surface area contributed by atoms with Crippen molar-refractivity contribution in [1.29, 1.82) is 0 Å². The maximum Gasteiger partial charge on any atom is 0.0771 e. The van der Waals surface area contributed by atoms with Crippen LogP contribution in [0.15, 0.2) is 12.6 Å². The Kier molecular flexibility index (Phi) is 8.84. The molecule has 0 unspecified atom stereocenters. The second kappa shape index (κ2) is 13.1. The van der Waals surface area contributed by atoms with Crippen LogP contribution in [0.4, 0.5) is 0 Å². The molecule has 0 fully saturated rings. The summed E-state index contributed by atoms with van der Waals surface area (Å²) >= 11 is 0. The first kappa shape index (κ1) is 11.5. The standard InChI is InChI=1S/C15H32P.BrH/c1-5-9-13-16(12-8-4,14-10-6-2)15-11-7-3;/h8H,4-7,9-15H2,1-3H3;1H/q+1;/p-1/i4D2,8D,12D2;. The van der Waals surface area contributed by atoms with Crippen molar-refractivity contribution >= 4 is 7.26 Å². The van der Waals surface area contributed by atoms with Crippen LogP contribution < -0.4 is 17.0 Å². The van der Waals surface area contributed by atoms with Gasteiger partial charge in [-0.1, -0.05) is 52.6 Å². The van der Waals surface area contributed by atoms with Gasteiger partial charge in [0.05, 0.1) is 31.5 Å². The molecule has 2 heteroatoms. The second-order valence-corrected chi connectivity index (χ2v) is 8.47. The number of unbranched alkanes of at least 4 members (excludes halogenated alkanes) is 3. The molecular weight excluding hydrogens is 291 g/mol. The molecule has 0 aromatic heterocycles. The molecule has 17 heavy (non-hydrogen) atoms. The smallest absolute Gasteiger partial charge is 0.0771 e. The molecule has 0 nitrogen and oxygen atoms in total. The van der Waals surface area contributed by atoms with Gasteiger partial charge in [-0.2, -0.15) is 0 Å². The van der Waals surface area contributed by atoms with Crippen molar-refractivity contribution in [3.63, 3.8) is 0 Å². The van der Waals surface area contributed by atoms with Crippen molar-refractivity contribution in [1.82, 2.24) is 0 Å². The first-order valence-corrected chi connectivity index (χ1v) is 9.14. The fraction of sp³-hybridized carbons (Fsp3) is 0.867. The lowest BCUT2D eigenvalue weighted by molar-refractivity contribution is -0.00000373. The summed E-state index contributed by atoms with van der Waals surface area (Å²) in [5.74, 6) is 0. The summed E-state index contributed by atoms with van der Waals surface area (Å²) < 4.78 is 39.8. The zero-order valence-electron chi connectivity index (χ0n) is 16.7. The van der Waals surface area contributed by atoms with E-state index in [0.29, 0.717) is 0 Å². The molecule has 0 amide bonds. The van der Waals surface area contributed by atoms with E-state index in [1.54, 1.807) is 0 Å². The van der Waals surface area contributed by atoms with E-state index in [4.69, 9.17) is 6.85 Å². The molecule has 0 heterocycles. The fourth-order valence-electron chi connectivity index (χ4n) is 2.00. The lowest BCUT2D eigenvalue weighted by Gasteiger charge is -2.26. The van der Waals surface area contributed by atoms with Crippen molar-refractivity contribution in [2.24, 2.45) is 0 Å². The summed E-state index contributed by atoms with van der Waals surface area (Å²) in [5, 5.41) is 0. The van der Waals surface area contributed by atoms with Gasteiger partial charge in [0.25, 0.3) is 0 Å². The molecule has 0 aliphatic heterocycles. The third kappa shape index (κ3) is 9.25. The molecule has 0 aromatic rings. The van der Waals surface area contributed by atoms with Gasteiger partial charge in [-0.3, -0.25) is 0 Å². The molecule has 0 aliphatic carbocycles. The van der Waals surface area contributed by atoms with E-state index < -0.39 is 26.0 Å². The maximum atomic E-state index is 8.53. The van der Waals surface area contributed by atoms with Crippen LogP contribution >= 0.6 is 7.26 Å². The minimum absolute atomic E-state index is 0. The highest BCUT2D eigenvalue weighted by Gasteiger charge is 2.33. The average Bonchev–Trinajstić information content (AvgIpc) is 2.45. The highest BCUT2D eigenvalue weighted by Crippen LogP contribution is 2.60. The Balaban J connectivity index is 0. The van der Waals surface area contributed by atoms with Crippen molar-refractivity contribution in [3.8, 4) is 0 Å². The summed E-state index contributed by atoms with van der Waals surface area (Å²) in [7, 11) is -2.01.